The van der Waals surface area contributed by atoms with Crippen LogP contribution in [0.5, 0.6) is 0 Å². The standard InChI is InChI=1S/C22H26N2O4/c1-24(22(21(27)28)12-5-2-6-13-22)20(26)15-23-19(25)14-17-10-7-9-16-8-3-4-11-18(16)17/h3-4,7-11H,2,5-6,12-15H2,1H3,(H,23,25)(H,27,28). The van der Waals surface area contributed by atoms with E-state index in [-0.39, 0.29) is 24.8 Å². The summed E-state index contributed by atoms with van der Waals surface area (Å²) in [5.41, 5.74) is -0.263. The van der Waals surface area contributed by atoms with Crippen LogP contribution < -0.4 is 5.32 Å². The van der Waals surface area contributed by atoms with Crippen molar-refractivity contribution >= 4 is 28.6 Å². The molecule has 0 atom stereocenters. The number of carboxylic acid groups (broad SMARTS) is 1. The Morgan fingerprint density at radius 2 is 1.71 bits per heavy atom. The second-order valence-electron chi connectivity index (χ2n) is 7.44. The van der Waals surface area contributed by atoms with Gasteiger partial charge in [0.25, 0.3) is 0 Å². The van der Waals surface area contributed by atoms with Crippen molar-refractivity contribution in [2.75, 3.05) is 13.6 Å². The fourth-order valence-electron chi connectivity index (χ4n) is 4.04. The lowest BCUT2D eigenvalue weighted by molar-refractivity contribution is -0.160. The number of carbonyl (C=O) groups excluding carboxylic acids is 2. The molecule has 148 valence electrons. The number of nitrogens with one attached hydrogen (secondary N) is 1. The second kappa shape index (κ2) is 8.42. The Balaban J connectivity index is 1.62. The number of aliphatic carboxylic acids is 1. The predicted octanol–water partition coefficient (Wildman–Crippen LogP) is 2.74. The Morgan fingerprint density at radius 1 is 1.04 bits per heavy atom. The van der Waals surface area contributed by atoms with Crippen LogP contribution in [0.3, 0.4) is 0 Å². The molecule has 0 saturated heterocycles. The van der Waals surface area contributed by atoms with Crippen LogP contribution in [-0.4, -0.2) is 46.9 Å². The van der Waals surface area contributed by atoms with Crippen LogP contribution in [0.4, 0.5) is 0 Å². The van der Waals surface area contributed by atoms with E-state index < -0.39 is 11.5 Å². The number of nitrogens with zero attached hydrogens (tertiary/aromatic N) is 1. The van der Waals surface area contributed by atoms with E-state index >= 15 is 0 Å². The number of rotatable bonds is 6. The summed E-state index contributed by atoms with van der Waals surface area (Å²) in [5.74, 6) is -1.60. The molecule has 0 heterocycles. The molecule has 2 aromatic carbocycles. The fraction of sp³-hybridized carbons (Fsp3) is 0.409. The van der Waals surface area contributed by atoms with Crippen LogP contribution in [0, 0.1) is 0 Å². The van der Waals surface area contributed by atoms with E-state index in [0.717, 1.165) is 35.6 Å². The molecule has 0 radical (unpaired) electrons. The lowest BCUT2D eigenvalue weighted by Crippen LogP contribution is -2.58. The minimum atomic E-state index is -1.16. The van der Waals surface area contributed by atoms with Crippen molar-refractivity contribution in [3.63, 3.8) is 0 Å². The molecule has 0 aromatic heterocycles. The minimum Gasteiger partial charge on any atom is -0.479 e. The van der Waals surface area contributed by atoms with Crippen molar-refractivity contribution in [1.82, 2.24) is 10.2 Å². The first-order valence-corrected chi connectivity index (χ1v) is 9.67. The zero-order valence-electron chi connectivity index (χ0n) is 16.1. The number of fused-ring (bicyclic) bond motifs is 1. The van der Waals surface area contributed by atoms with Gasteiger partial charge in [0.1, 0.15) is 5.54 Å². The van der Waals surface area contributed by atoms with Gasteiger partial charge in [-0.3, -0.25) is 9.59 Å². The van der Waals surface area contributed by atoms with E-state index in [9.17, 15) is 19.5 Å². The Bertz CT molecular complexity index is 882. The predicted molar refractivity (Wildman–Crippen MR) is 107 cm³/mol. The van der Waals surface area contributed by atoms with Crippen molar-refractivity contribution in [2.45, 2.75) is 44.1 Å². The van der Waals surface area contributed by atoms with Crippen LogP contribution in [0.1, 0.15) is 37.7 Å². The first-order chi connectivity index (χ1) is 13.4. The van der Waals surface area contributed by atoms with Crippen molar-refractivity contribution in [2.24, 2.45) is 0 Å². The normalized spacial score (nSPS) is 15.8. The first-order valence-electron chi connectivity index (χ1n) is 9.67. The summed E-state index contributed by atoms with van der Waals surface area (Å²) < 4.78 is 0. The van der Waals surface area contributed by atoms with Gasteiger partial charge in [-0.2, -0.15) is 0 Å². The van der Waals surface area contributed by atoms with Crippen molar-refractivity contribution in [1.29, 1.82) is 0 Å². The smallest absolute Gasteiger partial charge is 0.329 e. The maximum atomic E-state index is 12.6. The molecule has 1 fully saturated rings. The van der Waals surface area contributed by atoms with Gasteiger partial charge in [0.2, 0.25) is 11.8 Å². The first kappa shape index (κ1) is 19.9. The zero-order valence-corrected chi connectivity index (χ0v) is 16.1. The molecular formula is C22H26N2O4. The van der Waals surface area contributed by atoms with Crippen molar-refractivity contribution in [3.05, 3.63) is 48.0 Å². The van der Waals surface area contributed by atoms with Gasteiger partial charge in [-0.25, -0.2) is 4.79 Å². The van der Waals surface area contributed by atoms with Crippen LogP contribution in [0.15, 0.2) is 42.5 Å². The molecule has 6 heteroatoms. The number of carboxylic acids is 1. The number of likely N-dealkylation sites (N-methyl/N-ethyl adjacent to an activating group) is 1. The van der Waals surface area contributed by atoms with Crippen molar-refractivity contribution < 1.29 is 19.5 Å². The molecule has 28 heavy (non-hydrogen) atoms. The molecule has 0 aliphatic heterocycles. The minimum absolute atomic E-state index is 0.169. The molecule has 6 nitrogen and oxygen atoms in total. The Hall–Kier alpha value is -2.89. The van der Waals surface area contributed by atoms with E-state index in [1.807, 2.05) is 42.5 Å². The summed E-state index contributed by atoms with van der Waals surface area (Å²) >= 11 is 0. The SMILES string of the molecule is CN(C(=O)CNC(=O)Cc1cccc2ccccc12)C1(C(=O)O)CCCCC1. The number of hydrogen-bond acceptors (Lipinski definition) is 3. The Kier molecular flexibility index (Phi) is 5.97. The molecule has 1 aliphatic rings. The van der Waals surface area contributed by atoms with E-state index in [1.165, 1.54) is 11.9 Å². The molecule has 2 amide bonds. The largest absolute Gasteiger partial charge is 0.479 e. The van der Waals surface area contributed by atoms with Gasteiger partial charge in [-0.05, 0) is 29.2 Å². The van der Waals surface area contributed by atoms with Gasteiger partial charge >= 0.3 is 5.97 Å². The van der Waals surface area contributed by atoms with E-state index in [2.05, 4.69) is 5.32 Å². The van der Waals surface area contributed by atoms with E-state index in [0.29, 0.717) is 12.8 Å². The third-order valence-electron chi connectivity index (χ3n) is 5.76. The third-order valence-corrected chi connectivity index (χ3v) is 5.76. The van der Waals surface area contributed by atoms with Crippen LogP contribution in [0.2, 0.25) is 0 Å². The maximum absolute atomic E-state index is 12.6. The van der Waals surface area contributed by atoms with Crippen molar-refractivity contribution in [3.8, 4) is 0 Å². The van der Waals surface area contributed by atoms with Crippen LogP contribution >= 0.6 is 0 Å². The summed E-state index contributed by atoms with van der Waals surface area (Å²) in [6.07, 6.45) is 3.64. The number of carbonyl (C=O) groups is 3. The maximum Gasteiger partial charge on any atom is 0.329 e. The van der Waals surface area contributed by atoms with Crippen LogP contribution in [-0.2, 0) is 20.8 Å². The summed E-state index contributed by atoms with van der Waals surface area (Å²) in [6.45, 7) is -0.199. The van der Waals surface area contributed by atoms with Crippen LogP contribution in [0.25, 0.3) is 10.8 Å². The van der Waals surface area contributed by atoms with Gasteiger partial charge in [-0.1, -0.05) is 61.7 Å². The molecule has 0 unspecified atom stereocenters. The monoisotopic (exact) mass is 382 g/mol. The fourth-order valence-corrected chi connectivity index (χ4v) is 4.04. The van der Waals surface area contributed by atoms with E-state index in [4.69, 9.17) is 0 Å². The topological polar surface area (TPSA) is 86.7 Å². The van der Waals surface area contributed by atoms with Gasteiger partial charge in [-0.15, -0.1) is 0 Å². The van der Waals surface area contributed by atoms with Gasteiger partial charge < -0.3 is 15.3 Å². The van der Waals surface area contributed by atoms with E-state index in [1.54, 1.807) is 0 Å². The molecule has 2 aromatic rings. The van der Waals surface area contributed by atoms with Gasteiger partial charge in [0.15, 0.2) is 0 Å². The summed E-state index contributed by atoms with van der Waals surface area (Å²) in [4.78, 5) is 38.1. The third kappa shape index (κ3) is 4.01. The molecule has 1 saturated carbocycles. The Morgan fingerprint density at radius 3 is 2.43 bits per heavy atom. The number of benzene rings is 2. The highest BCUT2D eigenvalue weighted by atomic mass is 16.4. The highest BCUT2D eigenvalue weighted by molar-refractivity contribution is 5.93. The lowest BCUT2D eigenvalue weighted by Gasteiger charge is -2.41. The quantitative estimate of drug-likeness (QED) is 0.804. The molecule has 0 spiro atoms. The highest BCUT2D eigenvalue weighted by Gasteiger charge is 2.45. The highest BCUT2D eigenvalue weighted by Crippen LogP contribution is 2.33. The number of hydrogen-bond donors (Lipinski definition) is 2. The average molecular weight is 382 g/mol. The zero-order chi connectivity index (χ0) is 20.1. The Labute approximate surface area is 164 Å². The number of amides is 2. The second-order valence-corrected chi connectivity index (χ2v) is 7.44. The molecule has 0 bridgehead atoms. The molecular weight excluding hydrogens is 356 g/mol. The lowest BCUT2D eigenvalue weighted by atomic mass is 9.80. The summed E-state index contributed by atoms with van der Waals surface area (Å²) in [7, 11) is 1.53. The summed E-state index contributed by atoms with van der Waals surface area (Å²) in [5, 5.41) is 14.4. The van der Waals surface area contributed by atoms with Gasteiger partial charge in [0, 0.05) is 7.05 Å². The molecule has 2 N–H and O–H groups in total. The summed E-state index contributed by atoms with van der Waals surface area (Å²) in [6, 6.07) is 13.6. The molecule has 3 rings (SSSR count). The van der Waals surface area contributed by atoms with Gasteiger partial charge in [0.05, 0.1) is 13.0 Å². The average Bonchev–Trinajstić information content (AvgIpc) is 2.72. The molecule has 1 aliphatic carbocycles.